The molecule has 0 spiro atoms. The lowest BCUT2D eigenvalue weighted by Crippen LogP contribution is -2.31. The fourth-order valence-corrected chi connectivity index (χ4v) is 2.56. The van der Waals surface area contributed by atoms with Gasteiger partial charge < -0.3 is 16.4 Å². The van der Waals surface area contributed by atoms with Gasteiger partial charge in [0.1, 0.15) is 0 Å². The third-order valence-corrected chi connectivity index (χ3v) is 4.44. The van der Waals surface area contributed by atoms with Crippen molar-refractivity contribution in [2.75, 3.05) is 5.32 Å². The first-order chi connectivity index (χ1) is 12.9. The molecule has 1 unspecified atom stereocenters. The number of nitrogens with two attached hydrogens (primary N) is 1. The van der Waals surface area contributed by atoms with Crippen LogP contribution >= 0.6 is 24.0 Å². The second-order valence-electron chi connectivity index (χ2n) is 7.09. The number of nitrogens with one attached hydrogen (secondary N) is 2. The van der Waals surface area contributed by atoms with Crippen LogP contribution in [-0.4, -0.2) is 17.9 Å². The Bertz CT molecular complexity index is 805. The molecule has 1 amide bonds. The van der Waals surface area contributed by atoms with Crippen LogP contribution in [0, 0.1) is 0 Å². The van der Waals surface area contributed by atoms with Gasteiger partial charge in [-0.15, -0.1) is 24.0 Å². The normalized spacial score (nSPS) is 12.2. The van der Waals surface area contributed by atoms with E-state index in [4.69, 9.17) is 5.73 Å². The van der Waals surface area contributed by atoms with Gasteiger partial charge >= 0.3 is 0 Å². The number of guanidine groups is 1. The summed E-state index contributed by atoms with van der Waals surface area (Å²) >= 11 is 0. The predicted molar refractivity (Wildman–Crippen MR) is 129 cm³/mol. The van der Waals surface area contributed by atoms with Crippen molar-refractivity contribution in [2.24, 2.45) is 10.7 Å². The number of anilines is 1. The van der Waals surface area contributed by atoms with Gasteiger partial charge in [0.25, 0.3) is 5.91 Å². The number of hydrogen-bond donors (Lipinski definition) is 3. The summed E-state index contributed by atoms with van der Waals surface area (Å²) in [5.74, 6) is 0.742. The van der Waals surface area contributed by atoms with E-state index in [1.807, 2.05) is 50.2 Å². The molecule has 0 aliphatic rings. The number of carbonyl (C=O) groups excluding carboxylic acids is 1. The first kappa shape index (κ1) is 23.9. The highest BCUT2D eigenvalue weighted by Gasteiger charge is 2.09. The van der Waals surface area contributed by atoms with Crippen molar-refractivity contribution in [1.29, 1.82) is 0 Å². The molecule has 2 aromatic carbocycles. The fourth-order valence-electron chi connectivity index (χ4n) is 2.56. The quantitative estimate of drug-likeness (QED) is 0.292. The summed E-state index contributed by atoms with van der Waals surface area (Å²) in [6.07, 6.45) is 0.899. The standard InChI is InChI=1S/C22H30N4O.HI/c1-5-16(4)25-21(27)19-10-6-8-17(12-19)14-24-22(23)26-20-11-7-9-18(13-20)15(2)3;/h6-13,15-16H,5,14H2,1-4H3,(H,25,27)(H3,23,24,26);1H. The zero-order chi connectivity index (χ0) is 19.8. The molecule has 0 bridgehead atoms. The minimum Gasteiger partial charge on any atom is -0.370 e. The Morgan fingerprint density at radius 1 is 1.11 bits per heavy atom. The van der Waals surface area contributed by atoms with E-state index in [0.717, 1.165) is 17.7 Å². The first-order valence-corrected chi connectivity index (χ1v) is 9.45. The molecule has 0 aliphatic heterocycles. The van der Waals surface area contributed by atoms with Crippen LogP contribution in [0.5, 0.6) is 0 Å². The summed E-state index contributed by atoms with van der Waals surface area (Å²) in [6.45, 7) is 8.75. The van der Waals surface area contributed by atoms with Crippen molar-refractivity contribution in [3.8, 4) is 0 Å². The van der Waals surface area contributed by atoms with E-state index in [1.54, 1.807) is 0 Å². The Kier molecular flexibility index (Phi) is 9.99. The van der Waals surface area contributed by atoms with Crippen molar-refractivity contribution >= 4 is 41.5 Å². The lowest BCUT2D eigenvalue weighted by molar-refractivity contribution is 0.0939. The molecule has 6 heteroatoms. The van der Waals surface area contributed by atoms with Crippen molar-refractivity contribution in [3.63, 3.8) is 0 Å². The van der Waals surface area contributed by atoms with E-state index in [-0.39, 0.29) is 35.9 Å². The van der Waals surface area contributed by atoms with Gasteiger partial charge in [-0.2, -0.15) is 0 Å². The number of benzene rings is 2. The van der Waals surface area contributed by atoms with Gasteiger partial charge in [-0.3, -0.25) is 4.79 Å². The van der Waals surface area contributed by atoms with Crippen LogP contribution in [0.25, 0.3) is 0 Å². The Morgan fingerprint density at radius 3 is 2.50 bits per heavy atom. The molecular weight excluding hydrogens is 463 g/mol. The summed E-state index contributed by atoms with van der Waals surface area (Å²) in [5.41, 5.74) is 9.76. The SMILES string of the molecule is CCC(C)NC(=O)c1cccc(CN=C(N)Nc2cccc(C(C)C)c2)c1.I. The number of carbonyl (C=O) groups is 1. The Balaban J connectivity index is 0.00000392. The van der Waals surface area contributed by atoms with E-state index >= 15 is 0 Å². The van der Waals surface area contributed by atoms with Gasteiger partial charge in [0.2, 0.25) is 0 Å². The van der Waals surface area contributed by atoms with Crippen molar-refractivity contribution in [1.82, 2.24) is 5.32 Å². The van der Waals surface area contributed by atoms with Crippen LogP contribution in [0.4, 0.5) is 5.69 Å². The molecule has 4 N–H and O–H groups in total. The molecule has 5 nitrogen and oxygen atoms in total. The Morgan fingerprint density at radius 2 is 1.82 bits per heavy atom. The monoisotopic (exact) mass is 494 g/mol. The van der Waals surface area contributed by atoms with Crippen molar-refractivity contribution in [2.45, 2.75) is 52.6 Å². The molecule has 0 aliphatic carbocycles. The van der Waals surface area contributed by atoms with Crippen molar-refractivity contribution in [3.05, 3.63) is 65.2 Å². The number of rotatable bonds is 7. The lowest BCUT2D eigenvalue weighted by Gasteiger charge is -2.12. The zero-order valence-electron chi connectivity index (χ0n) is 17.0. The van der Waals surface area contributed by atoms with Gasteiger partial charge in [-0.25, -0.2) is 4.99 Å². The van der Waals surface area contributed by atoms with E-state index < -0.39 is 0 Å². The van der Waals surface area contributed by atoms with Crippen LogP contribution in [0.15, 0.2) is 53.5 Å². The second kappa shape index (κ2) is 11.7. The molecule has 0 heterocycles. The smallest absolute Gasteiger partial charge is 0.251 e. The van der Waals surface area contributed by atoms with Gasteiger partial charge in [-0.05, 0) is 54.7 Å². The van der Waals surface area contributed by atoms with E-state index in [2.05, 4.69) is 41.6 Å². The average molecular weight is 494 g/mol. The van der Waals surface area contributed by atoms with Crippen LogP contribution in [0.1, 0.15) is 61.5 Å². The molecule has 0 saturated carbocycles. The highest BCUT2D eigenvalue weighted by molar-refractivity contribution is 14.0. The number of hydrogen-bond acceptors (Lipinski definition) is 2. The minimum atomic E-state index is -0.0632. The molecule has 1 atom stereocenters. The van der Waals surface area contributed by atoms with Crippen LogP contribution < -0.4 is 16.4 Å². The lowest BCUT2D eigenvalue weighted by atomic mass is 10.0. The van der Waals surface area contributed by atoms with Gasteiger partial charge in [0.15, 0.2) is 5.96 Å². The topological polar surface area (TPSA) is 79.5 Å². The molecule has 0 saturated heterocycles. The van der Waals surface area contributed by atoms with Gasteiger partial charge in [0, 0.05) is 17.3 Å². The number of amides is 1. The van der Waals surface area contributed by atoms with Gasteiger partial charge in [0.05, 0.1) is 6.54 Å². The van der Waals surface area contributed by atoms with E-state index in [9.17, 15) is 4.79 Å². The molecule has 0 radical (unpaired) electrons. The first-order valence-electron chi connectivity index (χ1n) is 9.45. The Hall–Kier alpha value is -2.09. The second-order valence-corrected chi connectivity index (χ2v) is 7.09. The van der Waals surface area contributed by atoms with E-state index in [1.165, 1.54) is 5.56 Å². The Labute approximate surface area is 185 Å². The average Bonchev–Trinajstić information content (AvgIpc) is 2.66. The maximum absolute atomic E-state index is 12.2. The molecule has 28 heavy (non-hydrogen) atoms. The molecule has 2 rings (SSSR count). The predicted octanol–water partition coefficient (Wildman–Crippen LogP) is 4.88. The summed E-state index contributed by atoms with van der Waals surface area (Å²) in [4.78, 5) is 16.6. The zero-order valence-corrected chi connectivity index (χ0v) is 19.4. The number of nitrogens with zero attached hydrogens (tertiary/aromatic N) is 1. The highest BCUT2D eigenvalue weighted by atomic mass is 127. The fraction of sp³-hybridized carbons (Fsp3) is 0.364. The summed E-state index contributed by atoms with van der Waals surface area (Å²) in [7, 11) is 0. The number of aliphatic imine (C=N–C) groups is 1. The molecular formula is C22H31IN4O. The molecule has 152 valence electrons. The number of halogens is 1. The highest BCUT2D eigenvalue weighted by Crippen LogP contribution is 2.18. The van der Waals surface area contributed by atoms with Crippen molar-refractivity contribution < 1.29 is 4.79 Å². The van der Waals surface area contributed by atoms with Gasteiger partial charge in [-0.1, -0.05) is 45.0 Å². The molecule has 2 aromatic rings. The largest absolute Gasteiger partial charge is 0.370 e. The van der Waals surface area contributed by atoms with Crippen LogP contribution in [-0.2, 0) is 6.54 Å². The minimum absolute atomic E-state index is 0. The summed E-state index contributed by atoms with van der Waals surface area (Å²) in [6, 6.07) is 15.8. The maximum Gasteiger partial charge on any atom is 0.251 e. The summed E-state index contributed by atoms with van der Waals surface area (Å²) < 4.78 is 0. The third-order valence-electron chi connectivity index (χ3n) is 4.44. The van der Waals surface area contributed by atoms with Crippen LogP contribution in [0.2, 0.25) is 0 Å². The molecule has 0 aromatic heterocycles. The van der Waals surface area contributed by atoms with E-state index in [0.29, 0.717) is 24.0 Å². The third kappa shape index (κ3) is 7.50. The maximum atomic E-state index is 12.2. The summed E-state index contributed by atoms with van der Waals surface area (Å²) in [5, 5.41) is 6.10. The molecule has 0 fully saturated rings. The van der Waals surface area contributed by atoms with Crippen LogP contribution in [0.3, 0.4) is 0 Å².